The number of fused-ring (bicyclic) bond motifs is 1. The van der Waals surface area contributed by atoms with Crippen LogP contribution in [-0.2, 0) is 8.98 Å². The molecule has 23 heavy (non-hydrogen) atoms. The zero-order valence-electron chi connectivity index (χ0n) is 15.0. The fourth-order valence-electron chi connectivity index (χ4n) is 2.87. The summed E-state index contributed by atoms with van der Waals surface area (Å²) in [5.74, 6) is 0.301. The lowest BCUT2D eigenvalue weighted by Crippen LogP contribution is -2.34. The maximum Gasteiger partial charge on any atom is 0.328 e. The van der Waals surface area contributed by atoms with E-state index in [1.54, 1.807) is 0 Å². The third-order valence-electron chi connectivity index (χ3n) is 4.27. The van der Waals surface area contributed by atoms with Crippen LogP contribution in [0.3, 0.4) is 0 Å². The van der Waals surface area contributed by atoms with E-state index in [2.05, 4.69) is 35.4 Å². The SMILES string of the molecule is CCN(C)S(C)(CN(C)C)OC(=O)C1C=Cc2c(C)cccc21. The van der Waals surface area contributed by atoms with Gasteiger partial charge in [0.25, 0.3) is 0 Å². The molecule has 1 aliphatic carbocycles. The molecule has 0 fully saturated rings. The molecule has 0 N–H and O–H groups in total. The number of carbonyl (C=O) groups is 1. The minimum absolute atomic E-state index is 0.148. The van der Waals surface area contributed by atoms with Gasteiger partial charge in [-0.05, 0) is 55.3 Å². The number of rotatable bonds is 6. The van der Waals surface area contributed by atoms with Crippen molar-refractivity contribution < 1.29 is 8.98 Å². The summed E-state index contributed by atoms with van der Waals surface area (Å²) >= 11 is 0. The van der Waals surface area contributed by atoms with E-state index in [9.17, 15) is 4.79 Å². The van der Waals surface area contributed by atoms with E-state index in [-0.39, 0.29) is 11.9 Å². The van der Waals surface area contributed by atoms with Gasteiger partial charge in [0.15, 0.2) is 0 Å². The maximum absolute atomic E-state index is 12.8. The summed E-state index contributed by atoms with van der Waals surface area (Å²) in [4.78, 5) is 14.9. The second-order valence-corrected chi connectivity index (χ2v) is 9.40. The van der Waals surface area contributed by atoms with E-state index < -0.39 is 10.5 Å². The van der Waals surface area contributed by atoms with Crippen LogP contribution in [0, 0.1) is 6.92 Å². The Morgan fingerprint density at radius 3 is 2.61 bits per heavy atom. The Balaban J connectivity index is 2.22. The largest absolute Gasteiger partial charge is 0.400 e. The van der Waals surface area contributed by atoms with Crippen LogP contribution in [0.15, 0.2) is 24.3 Å². The predicted octanol–water partition coefficient (Wildman–Crippen LogP) is 3.38. The summed E-state index contributed by atoms with van der Waals surface area (Å²) in [5.41, 5.74) is 3.41. The first-order chi connectivity index (χ1) is 10.8. The van der Waals surface area contributed by atoms with Gasteiger partial charge in [-0.3, -0.25) is 9.69 Å². The standard InChI is InChI=1S/C18H28N2O2S/c1-7-20(5)23(6,13-19(3)4)22-18(21)17-12-11-15-14(2)9-8-10-16(15)17/h8-12,17H,7,13H2,1-6H3. The molecule has 1 aromatic carbocycles. The van der Waals surface area contributed by atoms with Gasteiger partial charge in [-0.2, -0.15) is 0 Å². The molecule has 2 atom stereocenters. The Hall–Kier alpha value is -1.30. The number of carbonyl (C=O) groups excluding carboxylic acids is 1. The van der Waals surface area contributed by atoms with Crippen LogP contribution in [0.2, 0.25) is 0 Å². The number of hydrogen-bond donors (Lipinski definition) is 0. The molecule has 2 rings (SSSR count). The van der Waals surface area contributed by atoms with Gasteiger partial charge in [0, 0.05) is 12.8 Å². The molecule has 0 spiro atoms. The van der Waals surface area contributed by atoms with Crippen molar-refractivity contribution in [3.05, 3.63) is 41.0 Å². The van der Waals surface area contributed by atoms with Crippen molar-refractivity contribution in [2.45, 2.75) is 19.8 Å². The Morgan fingerprint density at radius 1 is 1.30 bits per heavy atom. The zero-order valence-corrected chi connectivity index (χ0v) is 15.8. The Labute approximate surface area is 141 Å². The Bertz CT molecular complexity index is 615. The van der Waals surface area contributed by atoms with Crippen LogP contribution in [-0.4, -0.2) is 55.0 Å². The highest BCUT2D eigenvalue weighted by Gasteiger charge is 2.33. The van der Waals surface area contributed by atoms with Crippen molar-refractivity contribution in [3.8, 4) is 0 Å². The first-order valence-electron chi connectivity index (χ1n) is 7.91. The fraction of sp³-hybridized carbons (Fsp3) is 0.500. The average Bonchev–Trinajstić information content (AvgIpc) is 2.90. The maximum atomic E-state index is 12.8. The highest BCUT2D eigenvalue weighted by atomic mass is 32.3. The first kappa shape index (κ1) is 18.0. The average molecular weight is 337 g/mol. The molecule has 128 valence electrons. The van der Waals surface area contributed by atoms with E-state index in [0.717, 1.165) is 23.5 Å². The lowest BCUT2D eigenvalue weighted by atomic mass is 9.98. The van der Waals surface area contributed by atoms with Crippen molar-refractivity contribution >= 4 is 22.5 Å². The molecular formula is C18H28N2O2S. The van der Waals surface area contributed by atoms with Gasteiger partial charge < -0.3 is 4.18 Å². The second-order valence-electron chi connectivity index (χ2n) is 6.43. The smallest absolute Gasteiger partial charge is 0.328 e. The molecule has 4 nitrogen and oxygen atoms in total. The normalized spacial score (nSPS) is 20.4. The zero-order chi connectivity index (χ0) is 17.2. The number of aryl methyl sites for hydroxylation is 1. The molecule has 0 aromatic heterocycles. The summed E-state index contributed by atoms with van der Waals surface area (Å²) in [6.45, 7) is 5.01. The molecule has 5 heteroatoms. The molecule has 2 unspecified atom stereocenters. The van der Waals surface area contributed by atoms with E-state index in [4.69, 9.17) is 4.18 Å². The lowest BCUT2D eigenvalue weighted by Gasteiger charge is -2.44. The molecule has 0 saturated carbocycles. The van der Waals surface area contributed by atoms with Gasteiger partial charge in [-0.15, -0.1) is 0 Å². The van der Waals surface area contributed by atoms with Crippen molar-refractivity contribution in [1.82, 2.24) is 9.21 Å². The topological polar surface area (TPSA) is 32.8 Å². The molecule has 0 bridgehead atoms. The minimum Gasteiger partial charge on any atom is -0.400 e. The van der Waals surface area contributed by atoms with Crippen LogP contribution in [0.5, 0.6) is 0 Å². The fourth-order valence-corrected chi connectivity index (χ4v) is 5.21. The van der Waals surface area contributed by atoms with Gasteiger partial charge in [0.05, 0.1) is 5.88 Å². The monoisotopic (exact) mass is 336 g/mol. The molecule has 0 aliphatic heterocycles. The van der Waals surface area contributed by atoms with Gasteiger partial charge in [-0.1, -0.05) is 37.3 Å². The highest BCUT2D eigenvalue weighted by molar-refractivity contribution is 8.27. The van der Waals surface area contributed by atoms with E-state index in [1.165, 1.54) is 5.56 Å². The van der Waals surface area contributed by atoms with E-state index in [1.807, 2.05) is 45.4 Å². The molecule has 0 amide bonds. The van der Waals surface area contributed by atoms with Gasteiger partial charge in [0.1, 0.15) is 5.92 Å². The Morgan fingerprint density at radius 2 is 2.00 bits per heavy atom. The Kier molecular flexibility index (Phi) is 5.55. The van der Waals surface area contributed by atoms with E-state index >= 15 is 0 Å². The highest BCUT2D eigenvalue weighted by Crippen LogP contribution is 2.50. The van der Waals surface area contributed by atoms with Gasteiger partial charge >= 0.3 is 5.97 Å². The number of nitrogens with zero attached hydrogens (tertiary/aromatic N) is 2. The third kappa shape index (κ3) is 3.79. The van der Waals surface area contributed by atoms with Crippen molar-refractivity contribution in [1.29, 1.82) is 0 Å². The molecular weight excluding hydrogens is 308 g/mol. The number of hydrogen-bond acceptors (Lipinski definition) is 4. The quantitative estimate of drug-likeness (QED) is 0.797. The lowest BCUT2D eigenvalue weighted by molar-refractivity contribution is -0.134. The second kappa shape index (κ2) is 7.07. The van der Waals surface area contributed by atoms with Crippen LogP contribution >= 0.6 is 10.5 Å². The summed E-state index contributed by atoms with van der Waals surface area (Å²) in [6.07, 6.45) is 6.06. The van der Waals surface area contributed by atoms with Gasteiger partial charge in [-0.25, -0.2) is 4.31 Å². The van der Waals surface area contributed by atoms with Crippen molar-refractivity contribution in [2.24, 2.45) is 0 Å². The first-order valence-corrected chi connectivity index (χ1v) is 10.0. The third-order valence-corrected chi connectivity index (χ3v) is 7.36. The van der Waals surface area contributed by atoms with Crippen LogP contribution in [0.1, 0.15) is 29.5 Å². The summed E-state index contributed by atoms with van der Waals surface area (Å²) in [7, 11) is 4.40. The summed E-state index contributed by atoms with van der Waals surface area (Å²) in [5, 5.41) is 0. The molecule has 1 aliphatic rings. The van der Waals surface area contributed by atoms with E-state index in [0.29, 0.717) is 0 Å². The van der Waals surface area contributed by atoms with Crippen molar-refractivity contribution in [3.63, 3.8) is 0 Å². The summed E-state index contributed by atoms with van der Waals surface area (Å²) in [6, 6.07) is 6.10. The molecule has 1 aromatic rings. The van der Waals surface area contributed by atoms with Crippen LogP contribution in [0.4, 0.5) is 0 Å². The van der Waals surface area contributed by atoms with Gasteiger partial charge in [0.2, 0.25) is 0 Å². The van der Waals surface area contributed by atoms with Crippen molar-refractivity contribution in [2.75, 3.05) is 39.8 Å². The minimum atomic E-state index is -1.64. The summed E-state index contributed by atoms with van der Waals surface area (Å²) < 4.78 is 8.21. The van der Waals surface area contributed by atoms with Crippen LogP contribution < -0.4 is 0 Å². The molecule has 0 heterocycles. The molecule has 0 radical (unpaired) electrons. The van der Waals surface area contributed by atoms with Crippen LogP contribution in [0.25, 0.3) is 6.08 Å². The predicted molar refractivity (Wildman–Crippen MR) is 99.4 cm³/mol. The number of benzene rings is 1. The molecule has 0 saturated heterocycles.